The molecule has 0 aliphatic carbocycles. The van der Waals surface area contributed by atoms with Gasteiger partial charge in [-0.25, -0.2) is 0 Å². The molecule has 2 atom stereocenters. The Kier molecular flexibility index (Phi) is 6.25. The first-order valence-electron chi connectivity index (χ1n) is 2.65. The van der Waals surface area contributed by atoms with Crippen molar-refractivity contribution in [1.82, 2.24) is 0 Å². The van der Waals surface area contributed by atoms with E-state index in [1.165, 1.54) is 0 Å². The van der Waals surface area contributed by atoms with Gasteiger partial charge in [-0.3, -0.25) is 8.74 Å². The normalized spacial score (nSPS) is 16.7. The lowest BCUT2D eigenvalue weighted by molar-refractivity contribution is 0.107. The summed E-state index contributed by atoms with van der Waals surface area (Å²) in [6, 6.07) is 0. The largest absolute Gasteiger partial charge is 0.391 e. The molecule has 0 saturated heterocycles. The van der Waals surface area contributed by atoms with Crippen molar-refractivity contribution in [3.05, 3.63) is 0 Å². The number of alkyl halides is 1. The Labute approximate surface area is 66.6 Å². The molecule has 0 aliphatic rings. The van der Waals surface area contributed by atoms with Crippen LogP contribution in [0.3, 0.4) is 0 Å². The molecule has 0 heterocycles. The van der Waals surface area contributed by atoms with E-state index in [0.29, 0.717) is 12.3 Å². The van der Waals surface area contributed by atoms with Gasteiger partial charge < -0.3 is 5.11 Å². The SMILES string of the molecule is O=S(O)OCC(O)CCCl. The number of rotatable bonds is 5. The Balaban J connectivity index is 3.21. The minimum absolute atomic E-state index is 0.157. The van der Waals surface area contributed by atoms with Crippen molar-refractivity contribution in [2.45, 2.75) is 12.5 Å². The zero-order valence-electron chi connectivity index (χ0n) is 5.20. The lowest BCUT2D eigenvalue weighted by atomic mass is 10.3. The van der Waals surface area contributed by atoms with E-state index in [4.69, 9.17) is 21.3 Å². The second kappa shape index (κ2) is 6.06. The number of aliphatic hydroxyl groups is 1. The van der Waals surface area contributed by atoms with Crippen LogP contribution < -0.4 is 0 Å². The second-order valence-electron chi connectivity index (χ2n) is 1.63. The topological polar surface area (TPSA) is 66.8 Å². The molecule has 0 fully saturated rings. The molecule has 2 N–H and O–H groups in total. The van der Waals surface area contributed by atoms with Gasteiger partial charge in [-0.2, -0.15) is 4.21 Å². The molecule has 0 radical (unpaired) electrons. The lowest BCUT2D eigenvalue weighted by Gasteiger charge is -2.05. The van der Waals surface area contributed by atoms with Gasteiger partial charge in [-0.1, -0.05) is 0 Å². The van der Waals surface area contributed by atoms with Crippen molar-refractivity contribution in [2.24, 2.45) is 0 Å². The van der Waals surface area contributed by atoms with Crippen molar-refractivity contribution < 1.29 is 18.1 Å². The summed E-state index contributed by atoms with van der Waals surface area (Å²) in [6.07, 6.45) is -0.396. The predicted octanol–water partition coefficient (Wildman–Crippen LogP) is 0.129. The maximum absolute atomic E-state index is 9.85. The lowest BCUT2D eigenvalue weighted by Crippen LogP contribution is -2.16. The van der Waals surface area contributed by atoms with Gasteiger partial charge in [0.05, 0.1) is 12.7 Å². The molecule has 0 aliphatic heterocycles. The summed E-state index contributed by atoms with van der Waals surface area (Å²) >= 11 is 2.96. The van der Waals surface area contributed by atoms with E-state index in [2.05, 4.69) is 4.18 Å². The summed E-state index contributed by atoms with van der Waals surface area (Å²) in [5, 5.41) is 8.84. The summed E-state index contributed by atoms with van der Waals surface area (Å²) in [5.74, 6) is 0.308. The fourth-order valence-electron chi connectivity index (χ4n) is 0.346. The first-order chi connectivity index (χ1) is 4.66. The summed E-state index contributed by atoms with van der Waals surface area (Å²) in [4.78, 5) is 0. The van der Waals surface area contributed by atoms with Crippen LogP contribution >= 0.6 is 11.6 Å². The highest BCUT2D eigenvalue weighted by Crippen LogP contribution is 1.95. The minimum Gasteiger partial charge on any atom is -0.391 e. The third-order valence-electron chi connectivity index (χ3n) is 0.804. The molecule has 0 aromatic carbocycles. The Hall–Kier alpha value is 0.320. The van der Waals surface area contributed by atoms with Crippen molar-refractivity contribution in [1.29, 1.82) is 0 Å². The van der Waals surface area contributed by atoms with Crippen LogP contribution in [0.25, 0.3) is 0 Å². The molecule has 4 nitrogen and oxygen atoms in total. The van der Waals surface area contributed by atoms with Crippen LogP contribution in [0, 0.1) is 0 Å². The van der Waals surface area contributed by atoms with Crippen molar-refractivity contribution in [3.63, 3.8) is 0 Å². The Morgan fingerprint density at radius 3 is 2.70 bits per heavy atom. The first-order valence-corrected chi connectivity index (χ1v) is 4.21. The van der Waals surface area contributed by atoms with Crippen LogP contribution in [-0.4, -0.2) is 32.5 Å². The van der Waals surface area contributed by atoms with E-state index >= 15 is 0 Å². The molecule has 0 bridgehead atoms. The van der Waals surface area contributed by atoms with Crippen LogP contribution in [0.15, 0.2) is 0 Å². The van der Waals surface area contributed by atoms with E-state index in [9.17, 15) is 4.21 Å². The summed E-state index contributed by atoms with van der Waals surface area (Å²) in [5.41, 5.74) is 0. The molecule has 0 amide bonds. The molecule has 10 heavy (non-hydrogen) atoms. The van der Waals surface area contributed by atoms with Crippen LogP contribution in [0.2, 0.25) is 0 Å². The van der Waals surface area contributed by atoms with Gasteiger partial charge >= 0.3 is 11.4 Å². The average molecular weight is 189 g/mol. The quantitative estimate of drug-likeness (QED) is 0.476. The standard InChI is InChI=1S/C4H9ClO4S/c5-2-1-4(6)3-9-10(7)8/h4,6H,1-3H2,(H,7,8). The van der Waals surface area contributed by atoms with Gasteiger partial charge in [0.1, 0.15) is 0 Å². The monoisotopic (exact) mass is 188 g/mol. The van der Waals surface area contributed by atoms with Gasteiger partial charge in [0.2, 0.25) is 0 Å². The molecule has 2 unspecified atom stereocenters. The summed E-state index contributed by atoms with van der Waals surface area (Å²) < 4.78 is 22.1. The maximum Gasteiger partial charge on any atom is 0.301 e. The Morgan fingerprint density at radius 2 is 2.30 bits per heavy atom. The maximum atomic E-state index is 9.85. The third kappa shape index (κ3) is 6.44. The average Bonchev–Trinajstić information content (AvgIpc) is 1.85. The zero-order chi connectivity index (χ0) is 7.98. The third-order valence-corrected chi connectivity index (χ3v) is 1.36. The highest BCUT2D eigenvalue weighted by Gasteiger charge is 2.04. The number of hydrogen-bond donors (Lipinski definition) is 2. The number of hydrogen-bond acceptors (Lipinski definition) is 3. The van der Waals surface area contributed by atoms with Gasteiger partial charge in [0.25, 0.3) is 0 Å². The van der Waals surface area contributed by atoms with Crippen molar-refractivity contribution in [2.75, 3.05) is 12.5 Å². The van der Waals surface area contributed by atoms with Crippen molar-refractivity contribution >= 4 is 23.0 Å². The summed E-state index contributed by atoms with van der Waals surface area (Å²) in [7, 11) is 0. The van der Waals surface area contributed by atoms with Gasteiger partial charge in [0, 0.05) is 5.88 Å². The number of halogens is 1. The highest BCUT2D eigenvalue weighted by molar-refractivity contribution is 7.74. The van der Waals surface area contributed by atoms with Crippen LogP contribution in [-0.2, 0) is 15.5 Å². The minimum atomic E-state index is -2.29. The molecule has 62 valence electrons. The Morgan fingerprint density at radius 1 is 1.70 bits per heavy atom. The fourth-order valence-corrected chi connectivity index (χ4v) is 0.871. The van der Waals surface area contributed by atoms with Crippen molar-refractivity contribution in [3.8, 4) is 0 Å². The van der Waals surface area contributed by atoms with Crippen LogP contribution in [0.4, 0.5) is 0 Å². The molecule has 6 heteroatoms. The molecule has 0 spiro atoms. The van der Waals surface area contributed by atoms with E-state index < -0.39 is 17.5 Å². The van der Waals surface area contributed by atoms with Crippen LogP contribution in [0.5, 0.6) is 0 Å². The second-order valence-corrected chi connectivity index (χ2v) is 2.68. The van der Waals surface area contributed by atoms with Gasteiger partial charge in [0.15, 0.2) is 0 Å². The molecule has 0 saturated carbocycles. The fraction of sp³-hybridized carbons (Fsp3) is 1.00. The van der Waals surface area contributed by atoms with E-state index in [1.807, 2.05) is 0 Å². The molecule has 0 aromatic rings. The molecule has 0 rings (SSSR count). The molecular formula is C4H9ClO4S. The van der Waals surface area contributed by atoms with E-state index in [1.54, 1.807) is 0 Å². The van der Waals surface area contributed by atoms with Gasteiger partial charge in [-0.15, -0.1) is 11.6 Å². The molecular weight excluding hydrogens is 180 g/mol. The van der Waals surface area contributed by atoms with E-state index in [-0.39, 0.29) is 6.61 Å². The first kappa shape index (κ1) is 10.3. The highest BCUT2D eigenvalue weighted by atomic mass is 35.5. The molecule has 0 aromatic heterocycles. The smallest absolute Gasteiger partial charge is 0.301 e. The Bertz CT molecular complexity index is 109. The predicted molar refractivity (Wildman–Crippen MR) is 38.1 cm³/mol. The van der Waals surface area contributed by atoms with Crippen LogP contribution in [0.1, 0.15) is 6.42 Å². The van der Waals surface area contributed by atoms with E-state index in [0.717, 1.165) is 0 Å². The zero-order valence-corrected chi connectivity index (χ0v) is 6.77. The summed E-state index contributed by atoms with van der Waals surface area (Å²) in [6.45, 7) is -0.157. The number of aliphatic hydroxyl groups excluding tert-OH is 1. The van der Waals surface area contributed by atoms with Gasteiger partial charge in [-0.05, 0) is 6.42 Å².